The van der Waals surface area contributed by atoms with Crippen molar-refractivity contribution in [1.29, 1.82) is 0 Å². The second kappa shape index (κ2) is 5.98. The summed E-state index contributed by atoms with van der Waals surface area (Å²) in [6.07, 6.45) is 7.39. The molecule has 1 aliphatic heterocycles. The molecule has 2 N–H and O–H groups in total. The van der Waals surface area contributed by atoms with Crippen LogP contribution in [0, 0.1) is 23.7 Å². The van der Waals surface area contributed by atoms with E-state index in [9.17, 15) is 10.0 Å². The topological polar surface area (TPSA) is 68.2 Å². The first kappa shape index (κ1) is 18.5. The summed E-state index contributed by atoms with van der Waals surface area (Å²) < 4.78 is 6.09. The Labute approximate surface area is 164 Å². The van der Waals surface area contributed by atoms with E-state index in [2.05, 4.69) is 0 Å². The zero-order valence-electron chi connectivity index (χ0n) is 15.1. The molecule has 1 heterocycles. The first-order valence-corrected chi connectivity index (χ1v) is 10.8. The highest BCUT2D eigenvalue weighted by Gasteiger charge is 2.79. The Bertz CT molecular complexity index is 572. The van der Waals surface area contributed by atoms with Crippen LogP contribution in [0.3, 0.4) is 0 Å². The van der Waals surface area contributed by atoms with Gasteiger partial charge in [-0.05, 0) is 69.1 Å². The van der Waals surface area contributed by atoms with Crippen LogP contribution in [0.25, 0.3) is 0 Å². The number of ether oxygens (including phenoxy) is 1. The van der Waals surface area contributed by atoms with Crippen LogP contribution in [0.15, 0.2) is 0 Å². The Balaban J connectivity index is 1.48. The van der Waals surface area contributed by atoms with Gasteiger partial charge in [0.2, 0.25) is 5.79 Å². The Kier molecular flexibility index (Phi) is 4.25. The van der Waals surface area contributed by atoms with E-state index in [0.717, 1.165) is 44.9 Å². The summed E-state index contributed by atoms with van der Waals surface area (Å²) in [5, 5.41) is 19.3. The maximum absolute atomic E-state index is 9.77. The molecule has 6 rings (SSSR count). The lowest BCUT2D eigenvalue weighted by atomic mass is 9.45. The predicted molar refractivity (Wildman–Crippen MR) is 97.7 cm³/mol. The Morgan fingerprint density at radius 1 is 1.00 bits per heavy atom. The number of hydrogen-bond donors (Lipinski definition) is 2. The van der Waals surface area contributed by atoms with E-state index in [0.29, 0.717) is 24.2 Å². The van der Waals surface area contributed by atoms with Gasteiger partial charge in [-0.15, -0.1) is 23.2 Å². The molecule has 6 aliphatic rings. The lowest BCUT2D eigenvalue weighted by Gasteiger charge is -2.71. The Morgan fingerprint density at radius 2 is 1.69 bits per heavy atom. The monoisotopic (exact) mass is 404 g/mol. The number of methoxy groups -OCH3 is 1. The summed E-state index contributed by atoms with van der Waals surface area (Å²) >= 11 is 13.3. The van der Waals surface area contributed by atoms with Gasteiger partial charge in [0.05, 0.1) is 0 Å². The molecule has 8 heteroatoms. The molecule has 0 aromatic heterocycles. The van der Waals surface area contributed by atoms with E-state index in [-0.39, 0.29) is 22.0 Å². The van der Waals surface area contributed by atoms with Gasteiger partial charge < -0.3 is 14.8 Å². The molecule has 26 heavy (non-hydrogen) atoms. The van der Waals surface area contributed by atoms with Gasteiger partial charge >= 0.3 is 7.12 Å². The van der Waals surface area contributed by atoms with E-state index < -0.39 is 18.5 Å². The van der Waals surface area contributed by atoms with Gasteiger partial charge in [0.15, 0.2) is 5.60 Å². The van der Waals surface area contributed by atoms with E-state index >= 15 is 0 Å². The second-order valence-corrected chi connectivity index (χ2v) is 10.8. The Morgan fingerprint density at radius 3 is 2.19 bits per heavy atom. The minimum absolute atomic E-state index is 0.0341. The van der Waals surface area contributed by atoms with Crippen molar-refractivity contribution in [3.05, 3.63) is 0 Å². The van der Waals surface area contributed by atoms with Crippen molar-refractivity contribution in [3.8, 4) is 0 Å². The first-order chi connectivity index (χ1) is 12.3. The minimum atomic E-state index is -1.42. The van der Waals surface area contributed by atoms with Crippen LogP contribution in [-0.2, 0) is 14.5 Å². The van der Waals surface area contributed by atoms with Crippen molar-refractivity contribution >= 4 is 30.3 Å². The summed E-state index contributed by atoms with van der Waals surface area (Å²) in [5.74, 6) is 0.191. The van der Waals surface area contributed by atoms with Gasteiger partial charge in [-0.3, -0.25) is 0 Å². The van der Waals surface area contributed by atoms with Crippen molar-refractivity contribution in [3.63, 3.8) is 0 Å². The van der Waals surface area contributed by atoms with Crippen LogP contribution >= 0.6 is 23.2 Å². The number of halogens is 2. The van der Waals surface area contributed by atoms with Crippen LogP contribution < -0.4 is 0 Å². The van der Waals surface area contributed by atoms with Crippen LogP contribution in [0.2, 0.25) is 5.82 Å². The molecule has 0 radical (unpaired) electrons. The molecular weight excluding hydrogens is 378 g/mol. The zero-order valence-corrected chi connectivity index (χ0v) is 16.6. The molecule has 1 saturated heterocycles. The lowest BCUT2D eigenvalue weighted by Crippen LogP contribution is -2.81. The van der Waals surface area contributed by atoms with E-state index in [1.54, 1.807) is 7.11 Å². The highest BCUT2D eigenvalue weighted by molar-refractivity contribution is 6.45. The van der Waals surface area contributed by atoms with Gasteiger partial charge in [0.25, 0.3) is 0 Å². The van der Waals surface area contributed by atoms with Gasteiger partial charge in [0, 0.05) is 29.1 Å². The third kappa shape index (κ3) is 2.24. The standard InChI is InChI=1S/C18H27BCl2O5/c1-24-18(11-2-3-15(20)14(6-11)19(22)23)17(25-26-18)12-4-10-5-13(17)9-16(21,7-10)8-12/h10-15,22-23H,2-9H2,1H3. The molecule has 1 spiro atoms. The minimum Gasteiger partial charge on any atom is -0.427 e. The average Bonchev–Trinajstić information content (AvgIpc) is 2.54. The average molecular weight is 405 g/mol. The van der Waals surface area contributed by atoms with Crippen LogP contribution in [0.5, 0.6) is 0 Å². The van der Waals surface area contributed by atoms with Crippen LogP contribution in [0.4, 0.5) is 0 Å². The molecule has 146 valence electrons. The summed E-state index contributed by atoms with van der Waals surface area (Å²) in [7, 11) is 0.277. The normalized spacial score (nSPS) is 58.0. The summed E-state index contributed by atoms with van der Waals surface area (Å²) in [4.78, 5) is 11.7. The van der Waals surface area contributed by atoms with Gasteiger partial charge in [-0.25, -0.2) is 4.89 Å². The third-order valence-corrected chi connectivity index (χ3v) is 9.22. The summed E-state index contributed by atoms with van der Waals surface area (Å²) in [5.41, 5.74) is -0.453. The summed E-state index contributed by atoms with van der Waals surface area (Å²) in [6.45, 7) is 0. The molecule has 6 atom stereocenters. The van der Waals surface area contributed by atoms with E-state index in [1.807, 2.05) is 0 Å². The van der Waals surface area contributed by atoms with Crippen molar-refractivity contribution in [1.82, 2.24) is 0 Å². The number of rotatable bonds is 3. The van der Waals surface area contributed by atoms with Crippen molar-refractivity contribution < 1.29 is 24.6 Å². The molecule has 6 fully saturated rings. The van der Waals surface area contributed by atoms with E-state index in [1.165, 1.54) is 0 Å². The quantitative estimate of drug-likeness (QED) is 0.429. The molecule has 6 unspecified atom stereocenters. The molecule has 4 bridgehead atoms. The first-order valence-electron chi connectivity index (χ1n) is 9.94. The third-order valence-electron chi connectivity index (χ3n) is 8.21. The van der Waals surface area contributed by atoms with Crippen molar-refractivity contribution in [2.45, 2.75) is 78.8 Å². The van der Waals surface area contributed by atoms with Crippen molar-refractivity contribution in [2.24, 2.45) is 23.7 Å². The number of alkyl halides is 2. The fourth-order valence-electron chi connectivity index (χ4n) is 7.37. The van der Waals surface area contributed by atoms with Crippen LogP contribution in [0.1, 0.15) is 51.4 Å². The maximum Gasteiger partial charge on any atom is 0.456 e. The lowest BCUT2D eigenvalue weighted by molar-refractivity contribution is -0.646. The molecule has 0 aromatic carbocycles. The smallest absolute Gasteiger partial charge is 0.427 e. The molecule has 5 nitrogen and oxygen atoms in total. The Hall–Kier alpha value is 0.445. The van der Waals surface area contributed by atoms with Gasteiger partial charge in [-0.1, -0.05) is 0 Å². The van der Waals surface area contributed by atoms with Gasteiger partial charge in [-0.2, -0.15) is 4.89 Å². The summed E-state index contributed by atoms with van der Waals surface area (Å²) in [6, 6.07) is 0. The highest BCUT2D eigenvalue weighted by Crippen LogP contribution is 2.71. The molecule has 5 saturated carbocycles. The van der Waals surface area contributed by atoms with Gasteiger partial charge in [0.1, 0.15) is 0 Å². The van der Waals surface area contributed by atoms with E-state index in [4.69, 9.17) is 37.7 Å². The maximum atomic E-state index is 9.77. The van der Waals surface area contributed by atoms with Crippen molar-refractivity contribution in [2.75, 3.05) is 7.11 Å². The SMILES string of the molecule is COC1(C2CCC(Cl)C(B(O)O)C2)OOC12C1CC3CC2CC(Cl)(C3)C1. The van der Waals surface area contributed by atoms with Crippen LogP contribution in [-0.4, -0.2) is 45.9 Å². The number of hydrogen-bond acceptors (Lipinski definition) is 5. The molecule has 0 aromatic rings. The molecule has 0 amide bonds. The second-order valence-electron chi connectivity index (χ2n) is 9.43. The zero-order chi connectivity index (χ0) is 18.3. The molecule has 5 aliphatic carbocycles. The fourth-order valence-corrected chi connectivity index (χ4v) is 8.32. The highest BCUT2D eigenvalue weighted by atomic mass is 35.5. The predicted octanol–water partition coefficient (Wildman–Crippen LogP) is 3.10. The molecular formula is C18H27BCl2O5. The largest absolute Gasteiger partial charge is 0.456 e. The fraction of sp³-hybridized carbons (Fsp3) is 1.00.